The van der Waals surface area contributed by atoms with Gasteiger partial charge in [-0.1, -0.05) is 58.7 Å². The number of amides is 2. The van der Waals surface area contributed by atoms with Crippen LogP contribution in [0.25, 0.3) is 0 Å². The second-order valence-electron chi connectivity index (χ2n) is 6.47. The second kappa shape index (κ2) is 11.9. The van der Waals surface area contributed by atoms with E-state index in [1.54, 1.807) is 24.3 Å². The fourth-order valence-electron chi connectivity index (χ4n) is 2.64. The van der Waals surface area contributed by atoms with Crippen molar-refractivity contribution in [2.24, 2.45) is 4.99 Å². The molecule has 152 valence electrons. The molecule has 7 heteroatoms. The Morgan fingerprint density at radius 2 is 1.72 bits per heavy atom. The lowest BCUT2D eigenvalue weighted by atomic mass is 10.1. The maximum Gasteiger partial charge on any atom is 0.277 e. The summed E-state index contributed by atoms with van der Waals surface area (Å²) in [5.41, 5.74) is 1.40. The third kappa shape index (κ3) is 8.39. The standard InChI is InChI=1S/C22H23BrN2O4/c23-18-11-7-10-17(15-18)21(28)25-19(14-16-8-3-1-4-9-16)22(29)24-13-6-2-5-12-20(26)27/h1,3-4,7-11,15H,2,5-6,12-14H2,(H,24,29)(H,26,27)/p-1. The van der Waals surface area contributed by atoms with Gasteiger partial charge in [0.05, 0.1) is 0 Å². The van der Waals surface area contributed by atoms with Crippen molar-refractivity contribution in [3.05, 3.63) is 70.2 Å². The van der Waals surface area contributed by atoms with Gasteiger partial charge >= 0.3 is 0 Å². The normalized spacial score (nSPS) is 11.1. The van der Waals surface area contributed by atoms with E-state index in [-0.39, 0.29) is 18.6 Å². The zero-order valence-corrected chi connectivity index (χ0v) is 17.5. The molecule has 2 amide bonds. The van der Waals surface area contributed by atoms with E-state index in [0.717, 1.165) is 10.0 Å². The van der Waals surface area contributed by atoms with Crippen LogP contribution in [0, 0.1) is 0 Å². The molecule has 0 saturated carbocycles. The van der Waals surface area contributed by atoms with E-state index in [0.29, 0.717) is 31.4 Å². The molecule has 0 radical (unpaired) electrons. The molecule has 0 saturated heterocycles. The Balaban J connectivity index is 2.05. The van der Waals surface area contributed by atoms with Gasteiger partial charge in [0.15, 0.2) is 0 Å². The fourth-order valence-corrected chi connectivity index (χ4v) is 3.04. The van der Waals surface area contributed by atoms with E-state index in [2.05, 4.69) is 26.2 Å². The van der Waals surface area contributed by atoms with E-state index in [9.17, 15) is 19.5 Å². The SMILES string of the molecule is O=C([O-])CCCCCNC(=O)C(Cc1ccccc1)=NC(=O)c1cccc(Br)c1. The van der Waals surface area contributed by atoms with Crippen LogP contribution < -0.4 is 10.4 Å². The van der Waals surface area contributed by atoms with Gasteiger partial charge in [-0.2, -0.15) is 0 Å². The lowest BCUT2D eigenvalue weighted by molar-refractivity contribution is -0.305. The van der Waals surface area contributed by atoms with Gasteiger partial charge in [0, 0.05) is 29.0 Å². The number of carboxylic acid groups (broad SMARTS) is 1. The zero-order valence-electron chi connectivity index (χ0n) is 15.9. The van der Waals surface area contributed by atoms with E-state index < -0.39 is 17.8 Å². The minimum absolute atomic E-state index is 0.00972. The van der Waals surface area contributed by atoms with Gasteiger partial charge in [-0.05, 0) is 43.0 Å². The van der Waals surface area contributed by atoms with Crippen LogP contribution in [0.1, 0.15) is 41.6 Å². The van der Waals surface area contributed by atoms with Gasteiger partial charge in [0.1, 0.15) is 5.71 Å². The first-order valence-corrected chi connectivity index (χ1v) is 10.1. The van der Waals surface area contributed by atoms with Crippen LogP contribution in [0.15, 0.2) is 64.1 Å². The summed E-state index contributed by atoms with van der Waals surface area (Å²) in [5.74, 6) is -1.96. The van der Waals surface area contributed by atoms with Gasteiger partial charge < -0.3 is 15.2 Å². The first-order chi connectivity index (χ1) is 14.0. The number of benzene rings is 2. The van der Waals surface area contributed by atoms with Crippen LogP contribution >= 0.6 is 15.9 Å². The number of halogens is 1. The minimum atomic E-state index is -1.07. The summed E-state index contributed by atoms with van der Waals surface area (Å²) in [4.78, 5) is 39.6. The predicted octanol–water partition coefficient (Wildman–Crippen LogP) is 2.70. The highest BCUT2D eigenvalue weighted by atomic mass is 79.9. The zero-order chi connectivity index (χ0) is 21.1. The monoisotopic (exact) mass is 457 g/mol. The number of carbonyl (C=O) groups excluding carboxylic acids is 3. The average Bonchev–Trinajstić information content (AvgIpc) is 2.70. The van der Waals surface area contributed by atoms with Gasteiger partial charge in [0.25, 0.3) is 11.8 Å². The summed E-state index contributed by atoms with van der Waals surface area (Å²) in [6.45, 7) is 0.380. The number of rotatable bonds is 10. The molecule has 0 heterocycles. The molecule has 0 aromatic heterocycles. The third-order valence-electron chi connectivity index (χ3n) is 4.13. The van der Waals surface area contributed by atoms with Crippen LogP contribution in [-0.4, -0.2) is 30.0 Å². The molecule has 2 aromatic rings. The lowest BCUT2D eigenvalue weighted by Crippen LogP contribution is -2.33. The van der Waals surface area contributed by atoms with Crippen LogP contribution in [-0.2, 0) is 16.0 Å². The van der Waals surface area contributed by atoms with Crippen molar-refractivity contribution in [3.63, 3.8) is 0 Å². The van der Waals surface area contributed by atoms with Gasteiger partial charge in [-0.15, -0.1) is 0 Å². The summed E-state index contributed by atoms with van der Waals surface area (Å²) < 4.78 is 0.754. The molecule has 2 rings (SSSR count). The van der Waals surface area contributed by atoms with Crippen molar-refractivity contribution in [2.75, 3.05) is 6.54 Å². The Kier molecular flexibility index (Phi) is 9.24. The van der Waals surface area contributed by atoms with Crippen molar-refractivity contribution in [3.8, 4) is 0 Å². The van der Waals surface area contributed by atoms with Crippen molar-refractivity contribution in [2.45, 2.75) is 32.1 Å². The molecular weight excluding hydrogens is 436 g/mol. The van der Waals surface area contributed by atoms with Crippen LogP contribution in [0.2, 0.25) is 0 Å². The summed E-state index contributed by atoms with van der Waals surface area (Å²) in [7, 11) is 0. The molecule has 0 atom stereocenters. The fraction of sp³-hybridized carbons (Fsp3) is 0.273. The average molecular weight is 458 g/mol. The molecule has 29 heavy (non-hydrogen) atoms. The number of hydrogen-bond acceptors (Lipinski definition) is 4. The molecule has 0 fully saturated rings. The Hall–Kier alpha value is -2.80. The van der Waals surface area contributed by atoms with E-state index in [1.165, 1.54) is 0 Å². The van der Waals surface area contributed by atoms with Crippen molar-refractivity contribution >= 4 is 39.4 Å². The predicted molar refractivity (Wildman–Crippen MR) is 113 cm³/mol. The first kappa shape index (κ1) is 22.5. The number of unbranched alkanes of at least 4 members (excludes halogenated alkanes) is 2. The Bertz CT molecular complexity index is 881. The largest absolute Gasteiger partial charge is 0.550 e. The van der Waals surface area contributed by atoms with Gasteiger partial charge in [0.2, 0.25) is 0 Å². The number of nitrogens with one attached hydrogen (secondary N) is 1. The quantitative estimate of drug-likeness (QED) is 0.437. The smallest absolute Gasteiger partial charge is 0.277 e. The van der Waals surface area contributed by atoms with Crippen molar-refractivity contribution in [1.29, 1.82) is 0 Å². The molecule has 0 bridgehead atoms. The second-order valence-corrected chi connectivity index (χ2v) is 7.39. The van der Waals surface area contributed by atoms with E-state index in [4.69, 9.17) is 0 Å². The summed E-state index contributed by atoms with van der Waals surface area (Å²) in [6.07, 6.45) is 2.05. The number of carboxylic acids is 1. The first-order valence-electron chi connectivity index (χ1n) is 9.35. The molecule has 0 aliphatic rings. The number of aliphatic imine (C=N–C) groups is 1. The highest BCUT2D eigenvalue weighted by molar-refractivity contribution is 9.10. The van der Waals surface area contributed by atoms with Crippen LogP contribution in [0.4, 0.5) is 0 Å². The number of aliphatic carboxylic acids is 1. The molecular formula is C22H22BrN2O4-. The Morgan fingerprint density at radius 1 is 0.966 bits per heavy atom. The summed E-state index contributed by atoms with van der Waals surface area (Å²) in [5, 5.41) is 13.2. The van der Waals surface area contributed by atoms with Crippen molar-refractivity contribution < 1.29 is 19.5 Å². The third-order valence-corrected chi connectivity index (χ3v) is 4.62. The lowest BCUT2D eigenvalue weighted by Gasteiger charge is -2.09. The molecule has 0 spiro atoms. The molecule has 1 N–H and O–H groups in total. The highest BCUT2D eigenvalue weighted by Gasteiger charge is 2.15. The topological polar surface area (TPSA) is 98.7 Å². The molecule has 0 aliphatic carbocycles. The molecule has 0 unspecified atom stereocenters. The molecule has 0 aliphatic heterocycles. The Morgan fingerprint density at radius 3 is 2.41 bits per heavy atom. The number of hydrogen-bond donors (Lipinski definition) is 1. The van der Waals surface area contributed by atoms with Crippen LogP contribution in [0.5, 0.6) is 0 Å². The van der Waals surface area contributed by atoms with E-state index >= 15 is 0 Å². The van der Waals surface area contributed by atoms with E-state index in [1.807, 2.05) is 30.3 Å². The Labute approximate surface area is 178 Å². The van der Waals surface area contributed by atoms with Crippen LogP contribution in [0.3, 0.4) is 0 Å². The van der Waals surface area contributed by atoms with Gasteiger partial charge in [-0.3, -0.25) is 9.59 Å². The molecule has 6 nitrogen and oxygen atoms in total. The maximum absolute atomic E-state index is 12.6. The number of carbonyl (C=O) groups is 3. The summed E-state index contributed by atoms with van der Waals surface area (Å²) in [6, 6.07) is 16.2. The summed E-state index contributed by atoms with van der Waals surface area (Å²) >= 11 is 3.32. The minimum Gasteiger partial charge on any atom is -0.550 e. The van der Waals surface area contributed by atoms with Gasteiger partial charge in [-0.25, -0.2) is 4.99 Å². The molecule has 2 aromatic carbocycles. The van der Waals surface area contributed by atoms with Crippen molar-refractivity contribution in [1.82, 2.24) is 5.32 Å². The highest BCUT2D eigenvalue weighted by Crippen LogP contribution is 2.13. The number of nitrogens with zero attached hydrogens (tertiary/aromatic N) is 1. The maximum atomic E-state index is 12.6.